The Kier molecular flexibility index (Phi) is 7.91. The minimum Gasteiger partial charge on any atom is -0.493 e. The number of hydrogen-bond donors (Lipinski definition) is 1. The summed E-state index contributed by atoms with van der Waals surface area (Å²) < 4.78 is 30.1. The number of hydrogen-bond acceptors (Lipinski definition) is 5. The Labute approximate surface area is 203 Å². The molecule has 4 aromatic rings. The van der Waals surface area contributed by atoms with E-state index in [0.29, 0.717) is 36.0 Å². The minimum atomic E-state index is -0.294. The number of aromatic nitrogens is 1. The van der Waals surface area contributed by atoms with Crippen LogP contribution in [-0.4, -0.2) is 18.0 Å². The summed E-state index contributed by atoms with van der Waals surface area (Å²) in [5.41, 5.74) is 3.19. The smallest absolute Gasteiger partial charge is 0.251 e. The van der Waals surface area contributed by atoms with E-state index in [0.717, 1.165) is 16.7 Å². The molecule has 7 heteroatoms. The van der Waals surface area contributed by atoms with Crippen molar-refractivity contribution in [2.45, 2.75) is 19.8 Å². The Morgan fingerprint density at radius 1 is 0.829 bits per heavy atom. The van der Waals surface area contributed by atoms with Crippen molar-refractivity contribution in [1.82, 2.24) is 10.3 Å². The van der Waals surface area contributed by atoms with Gasteiger partial charge in [-0.25, -0.2) is 4.39 Å². The van der Waals surface area contributed by atoms with Gasteiger partial charge in [-0.15, -0.1) is 0 Å². The maximum absolute atomic E-state index is 13.0. The Balaban J connectivity index is 1.32. The Hall–Kier alpha value is -4.39. The number of pyridine rings is 1. The molecule has 0 aliphatic rings. The molecule has 6 nitrogen and oxygen atoms in total. The van der Waals surface area contributed by atoms with Crippen LogP contribution in [0.1, 0.15) is 27.0 Å². The second-order valence-corrected chi connectivity index (χ2v) is 7.75. The molecule has 1 amide bonds. The largest absolute Gasteiger partial charge is 0.493 e. The number of carbonyl (C=O) groups excluding carboxylic acids is 1. The average Bonchev–Trinajstić information content (AvgIpc) is 2.91. The van der Waals surface area contributed by atoms with Crippen LogP contribution in [0, 0.1) is 5.82 Å². The number of halogens is 1. The number of methoxy groups -OCH3 is 1. The molecular weight excluding hydrogens is 447 g/mol. The van der Waals surface area contributed by atoms with Gasteiger partial charge >= 0.3 is 0 Å². The Bertz CT molecular complexity index is 1260. The highest BCUT2D eigenvalue weighted by Crippen LogP contribution is 2.29. The molecule has 0 aliphatic heterocycles. The SMILES string of the molecule is COc1cc(CNC(=O)c2cccc(OCc3ccc(F)cc3)c2)ccc1OCc1ccncc1. The zero-order chi connectivity index (χ0) is 24.5. The third-order valence-electron chi connectivity index (χ3n) is 5.24. The fraction of sp³-hybridized carbons (Fsp3) is 0.143. The maximum atomic E-state index is 13.0. The summed E-state index contributed by atoms with van der Waals surface area (Å²) >= 11 is 0. The molecule has 178 valence electrons. The van der Waals surface area contributed by atoms with E-state index in [1.54, 1.807) is 55.9 Å². The highest BCUT2D eigenvalue weighted by atomic mass is 19.1. The number of rotatable bonds is 10. The van der Waals surface area contributed by atoms with E-state index < -0.39 is 0 Å². The first-order valence-corrected chi connectivity index (χ1v) is 11.0. The zero-order valence-corrected chi connectivity index (χ0v) is 19.2. The maximum Gasteiger partial charge on any atom is 0.251 e. The van der Waals surface area contributed by atoms with Crippen LogP contribution in [0.5, 0.6) is 17.2 Å². The highest BCUT2D eigenvalue weighted by Gasteiger charge is 2.10. The molecule has 0 saturated carbocycles. The molecule has 1 aromatic heterocycles. The second-order valence-electron chi connectivity index (χ2n) is 7.75. The lowest BCUT2D eigenvalue weighted by Crippen LogP contribution is -2.22. The standard InChI is InChI=1S/C28H25FN2O4/c1-33-27-15-22(7-10-26(27)35-19-21-11-13-30-14-12-21)17-31-28(32)23-3-2-4-25(16-23)34-18-20-5-8-24(29)9-6-20/h2-16H,17-19H2,1H3,(H,31,32). The fourth-order valence-corrected chi connectivity index (χ4v) is 3.34. The number of ether oxygens (including phenoxy) is 3. The molecule has 1 heterocycles. The normalized spacial score (nSPS) is 10.5. The number of amides is 1. The van der Waals surface area contributed by atoms with Crippen molar-refractivity contribution in [2.75, 3.05) is 7.11 Å². The summed E-state index contributed by atoms with van der Waals surface area (Å²) in [6.45, 7) is 0.996. The molecule has 0 radical (unpaired) electrons. The van der Waals surface area contributed by atoms with E-state index in [2.05, 4.69) is 10.3 Å². The van der Waals surface area contributed by atoms with Gasteiger partial charge < -0.3 is 19.5 Å². The van der Waals surface area contributed by atoms with Crippen molar-refractivity contribution < 1.29 is 23.4 Å². The first kappa shape index (κ1) is 23.8. The number of benzene rings is 3. The second kappa shape index (κ2) is 11.7. The molecule has 4 rings (SSSR count). The average molecular weight is 473 g/mol. The van der Waals surface area contributed by atoms with Crippen molar-refractivity contribution in [1.29, 1.82) is 0 Å². The number of nitrogens with zero attached hydrogens (tertiary/aromatic N) is 1. The molecule has 0 spiro atoms. The molecule has 1 N–H and O–H groups in total. The lowest BCUT2D eigenvalue weighted by molar-refractivity contribution is 0.0950. The van der Waals surface area contributed by atoms with Crippen LogP contribution in [-0.2, 0) is 19.8 Å². The summed E-state index contributed by atoms with van der Waals surface area (Å²) in [6, 6.07) is 22.3. The van der Waals surface area contributed by atoms with E-state index in [9.17, 15) is 9.18 Å². The van der Waals surface area contributed by atoms with E-state index in [1.165, 1.54) is 12.1 Å². The van der Waals surface area contributed by atoms with Crippen LogP contribution in [0.3, 0.4) is 0 Å². The molecule has 0 aliphatic carbocycles. The van der Waals surface area contributed by atoms with Crippen LogP contribution >= 0.6 is 0 Å². The van der Waals surface area contributed by atoms with Crippen LogP contribution in [0.2, 0.25) is 0 Å². The minimum absolute atomic E-state index is 0.228. The summed E-state index contributed by atoms with van der Waals surface area (Å²) in [4.78, 5) is 16.7. The zero-order valence-electron chi connectivity index (χ0n) is 19.2. The molecule has 0 unspecified atom stereocenters. The molecule has 0 bridgehead atoms. The van der Waals surface area contributed by atoms with Gasteiger partial charge in [0.25, 0.3) is 5.91 Å². The number of nitrogens with one attached hydrogen (secondary N) is 1. The molecule has 0 saturated heterocycles. The molecule has 0 atom stereocenters. The van der Waals surface area contributed by atoms with Gasteiger partial charge in [-0.1, -0.05) is 24.3 Å². The monoisotopic (exact) mass is 472 g/mol. The van der Waals surface area contributed by atoms with Crippen molar-refractivity contribution in [2.24, 2.45) is 0 Å². The van der Waals surface area contributed by atoms with Crippen molar-refractivity contribution in [3.8, 4) is 17.2 Å². The van der Waals surface area contributed by atoms with Crippen LogP contribution < -0.4 is 19.5 Å². The highest BCUT2D eigenvalue weighted by molar-refractivity contribution is 5.94. The van der Waals surface area contributed by atoms with E-state index in [1.807, 2.05) is 30.3 Å². The van der Waals surface area contributed by atoms with Crippen molar-refractivity contribution in [3.05, 3.63) is 119 Å². The first-order valence-electron chi connectivity index (χ1n) is 11.0. The third-order valence-corrected chi connectivity index (χ3v) is 5.24. The van der Waals surface area contributed by atoms with Gasteiger partial charge in [0.1, 0.15) is 24.8 Å². The Morgan fingerprint density at radius 3 is 2.31 bits per heavy atom. The summed E-state index contributed by atoms with van der Waals surface area (Å²) in [6.07, 6.45) is 3.43. The fourth-order valence-electron chi connectivity index (χ4n) is 3.34. The lowest BCUT2D eigenvalue weighted by Gasteiger charge is -2.13. The summed E-state index contributed by atoms with van der Waals surface area (Å²) in [5, 5.41) is 2.91. The number of carbonyl (C=O) groups is 1. The van der Waals surface area contributed by atoms with E-state index >= 15 is 0 Å². The topological polar surface area (TPSA) is 69.7 Å². The van der Waals surface area contributed by atoms with Crippen LogP contribution in [0.25, 0.3) is 0 Å². The van der Waals surface area contributed by atoms with Gasteiger partial charge in [-0.3, -0.25) is 9.78 Å². The molecule has 35 heavy (non-hydrogen) atoms. The van der Waals surface area contributed by atoms with Crippen LogP contribution in [0.4, 0.5) is 4.39 Å². The summed E-state index contributed by atoms with van der Waals surface area (Å²) in [7, 11) is 1.58. The van der Waals surface area contributed by atoms with Gasteiger partial charge in [-0.05, 0) is 71.3 Å². The lowest BCUT2D eigenvalue weighted by atomic mass is 10.1. The Morgan fingerprint density at radius 2 is 1.54 bits per heavy atom. The third kappa shape index (κ3) is 6.80. The van der Waals surface area contributed by atoms with E-state index in [-0.39, 0.29) is 18.3 Å². The predicted molar refractivity (Wildman–Crippen MR) is 130 cm³/mol. The van der Waals surface area contributed by atoms with Gasteiger partial charge in [0.15, 0.2) is 11.5 Å². The summed E-state index contributed by atoms with van der Waals surface area (Å²) in [5.74, 6) is 1.23. The molecular formula is C28H25FN2O4. The quantitative estimate of drug-likeness (QED) is 0.338. The van der Waals surface area contributed by atoms with Gasteiger partial charge in [0.2, 0.25) is 0 Å². The van der Waals surface area contributed by atoms with Crippen molar-refractivity contribution in [3.63, 3.8) is 0 Å². The predicted octanol–water partition coefficient (Wildman–Crippen LogP) is 5.32. The van der Waals surface area contributed by atoms with Crippen molar-refractivity contribution >= 4 is 5.91 Å². The van der Waals surface area contributed by atoms with Crippen LogP contribution in [0.15, 0.2) is 91.3 Å². The van der Waals surface area contributed by atoms with E-state index in [4.69, 9.17) is 14.2 Å². The van der Waals surface area contributed by atoms with Gasteiger partial charge in [0.05, 0.1) is 7.11 Å². The van der Waals surface area contributed by atoms with Gasteiger partial charge in [-0.2, -0.15) is 0 Å². The molecule has 3 aromatic carbocycles. The van der Waals surface area contributed by atoms with Gasteiger partial charge in [0, 0.05) is 24.5 Å². The molecule has 0 fully saturated rings. The first-order chi connectivity index (χ1) is 17.1.